The van der Waals surface area contributed by atoms with Gasteiger partial charge in [-0.05, 0) is 41.8 Å². The first-order chi connectivity index (χ1) is 9.69. The number of benzene rings is 2. The number of aromatic nitrogens is 1. The average Bonchev–Trinajstić information content (AvgIpc) is 2.46. The van der Waals surface area contributed by atoms with Crippen molar-refractivity contribution in [1.29, 1.82) is 0 Å². The van der Waals surface area contributed by atoms with Gasteiger partial charge in [-0.3, -0.25) is 4.79 Å². The number of aryl methyl sites for hydroxylation is 1. The molecule has 0 unspecified atom stereocenters. The lowest BCUT2D eigenvalue weighted by Gasteiger charge is -2.07. The third kappa shape index (κ3) is 2.19. The second kappa shape index (κ2) is 5.06. The number of halogens is 1. The molecule has 0 bridgehead atoms. The topological polar surface area (TPSA) is 30.0 Å². The molecule has 2 aromatic carbocycles. The maximum absolute atomic E-state index is 11.0. The Balaban J connectivity index is 2.22. The van der Waals surface area contributed by atoms with Crippen LogP contribution in [0.3, 0.4) is 0 Å². The fraction of sp³-hybridized carbons (Fsp3) is 0.0588. The number of aldehydes is 1. The summed E-state index contributed by atoms with van der Waals surface area (Å²) >= 11 is 5.94. The van der Waals surface area contributed by atoms with Crippen LogP contribution < -0.4 is 0 Å². The highest BCUT2D eigenvalue weighted by atomic mass is 35.5. The average molecular weight is 282 g/mol. The van der Waals surface area contributed by atoms with Crippen molar-refractivity contribution in [3.63, 3.8) is 0 Å². The highest BCUT2D eigenvalue weighted by Crippen LogP contribution is 2.27. The van der Waals surface area contributed by atoms with E-state index in [0.717, 1.165) is 22.8 Å². The molecule has 0 aliphatic carbocycles. The Labute approximate surface area is 122 Å². The van der Waals surface area contributed by atoms with E-state index in [0.29, 0.717) is 5.56 Å². The van der Waals surface area contributed by atoms with E-state index in [2.05, 4.69) is 24.0 Å². The lowest BCUT2D eigenvalue weighted by molar-refractivity contribution is 0.112. The number of hydrogen-bond donors (Lipinski definition) is 0. The lowest BCUT2D eigenvalue weighted by atomic mass is 9.99. The van der Waals surface area contributed by atoms with E-state index in [9.17, 15) is 4.79 Å². The number of pyridine rings is 1. The Morgan fingerprint density at radius 2 is 1.90 bits per heavy atom. The van der Waals surface area contributed by atoms with Crippen molar-refractivity contribution < 1.29 is 4.79 Å². The standard InChI is InChI=1S/C17H12ClNO/c1-11-4-2-3-5-15(11)12-6-7-16-13(8-12)9-14(10-20)17(18)19-16/h2-10H,1H3. The molecule has 3 aromatic rings. The molecule has 20 heavy (non-hydrogen) atoms. The first kappa shape index (κ1) is 12.8. The van der Waals surface area contributed by atoms with E-state index in [1.807, 2.05) is 30.3 Å². The minimum absolute atomic E-state index is 0.246. The summed E-state index contributed by atoms with van der Waals surface area (Å²) in [6, 6.07) is 16.0. The van der Waals surface area contributed by atoms with Crippen LogP contribution in [-0.4, -0.2) is 11.3 Å². The summed E-state index contributed by atoms with van der Waals surface area (Å²) in [5.74, 6) is 0. The number of nitrogens with zero attached hydrogens (tertiary/aromatic N) is 1. The Hall–Kier alpha value is -2.19. The number of hydrogen-bond acceptors (Lipinski definition) is 2. The molecule has 0 N–H and O–H groups in total. The molecule has 0 aliphatic heterocycles. The van der Waals surface area contributed by atoms with Crippen molar-refractivity contribution in [2.24, 2.45) is 0 Å². The summed E-state index contributed by atoms with van der Waals surface area (Å²) in [6.45, 7) is 2.08. The maximum atomic E-state index is 11.0. The van der Waals surface area contributed by atoms with Crippen molar-refractivity contribution in [2.45, 2.75) is 6.92 Å². The van der Waals surface area contributed by atoms with E-state index in [4.69, 9.17) is 11.6 Å². The zero-order valence-corrected chi connectivity index (χ0v) is 11.7. The molecule has 2 nitrogen and oxygen atoms in total. The van der Waals surface area contributed by atoms with Crippen LogP contribution in [0.1, 0.15) is 15.9 Å². The molecule has 0 spiro atoms. The van der Waals surface area contributed by atoms with Gasteiger partial charge in [-0.25, -0.2) is 4.98 Å². The molecule has 0 fully saturated rings. The van der Waals surface area contributed by atoms with E-state index >= 15 is 0 Å². The molecule has 1 heterocycles. The van der Waals surface area contributed by atoms with Crippen LogP contribution in [-0.2, 0) is 0 Å². The molecule has 3 rings (SSSR count). The smallest absolute Gasteiger partial charge is 0.153 e. The molecule has 0 saturated heterocycles. The van der Waals surface area contributed by atoms with Gasteiger partial charge in [0.1, 0.15) is 5.15 Å². The minimum Gasteiger partial charge on any atom is -0.298 e. The van der Waals surface area contributed by atoms with Crippen LogP contribution in [0.4, 0.5) is 0 Å². The normalized spacial score (nSPS) is 10.7. The third-order valence-electron chi connectivity index (χ3n) is 3.38. The van der Waals surface area contributed by atoms with Gasteiger partial charge in [-0.1, -0.05) is 41.9 Å². The van der Waals surface area contributed by atoms with Crippen LogP contribution in [0, 0.1) is 6.92 Å². The van der Waals surface area contributed by atoms with Gasteiger partial charge >= 0.3 is 0 Å². The second-order valence-corrected chi connectivity index (χ2v) is 5.07. The maximum Gasteiger partial charge on any atom is 0.153 e. The Kier molecular flexibility index (Phi) is 3.25. The molecule has 0 radical (unpaired) electrons. The van der Waals surface area contributed by atoms with Gasteiger partial charge in [0.05, 0.1) is 11.1 Å². The fourth-order valence-corrected chi connectivity index (χ4v) is 2.51. The van der Waals surface area contributed by atoms with Crippen molar-refractivity contribution >= 4 is 28.8 Å². The van der Waals surface area contributed by atoms with Crippen molar-refractivity contribution in [2.75, 3.05) is 0 Å². The Bertz CT molecular complexity index is 811. The minimum atomic E-state index is 0.246. The predicted octanol–water partition coefficient (Wildman–Crippen LogP) is 4.68. The number of rotatable bonds is 2. The molecule has 0 aliphatic rings. The monoisotopic (exact) mass is 281 g/mol. The molecular formula is C17H12ClNO. The second-order valence-electron chi connectivity index (χ2n) is 4.71. The summed E-state index contributed by atoms with van der Waals surface area (Å²) in [6.07, 6.45) is 0.731. The fourth-order valence-electron chi connectivity index (χ4n) is 2.32. The molecular weight excluding hydrogens is 270 g/mol. The van der Waals surface area contributed by atoms with Gasteiger partial charge in [0.2, 0.25) is 0 Å². The van der Waals surface area contributed by atoms with Crippen LogP contribution in [0.5, 0.6) is 0 Å². The summed E-state index contributed by atoms with van der Waals surface area (Å²) in [5, 5.41) is 1.16. The first-order valence-corrected chi connectivity index (χ1v) is 6.68. The molecule has 0 amide bonds. The van der Waals surface area contributed by atoms with E-state index in [1.165, 1.54) is 11.1 Å². The molecule has 0 atom stereocenters. The van der Waals surface area contributed by atoms with Crippen LogP contribution in [0.15, 0.2) is 48.5 Å². The van der Waals surface area contributed by atoms with Gasteiger partial charge in [0, 0.05) is 5.39 Å². The number of carbonyl (C=O) groups is 1. The van der Waals surface area contributed by atoms with Crippen LogP contribution >= 0.6 is 11.6 Å². The molecule has 1 aromatic heterocycles. The first-order valence-electron chi connectivity index (χ1n) is 6.30. The highest BCUT2D eigenvalue weighted by molar-refractivity contribution is 6.32. The summed E-state index contributed by atoms with van der Waals surface area (Å²) in [4.78, 5) is 15.2. The van der Waals surface area contributed by atoms with Gasteiger partial charge < -0.3 is 0 Å². The molecule has 3 heteroatoms. The van der Waals surface area contributed by atoms with Crippen molar-refractivity contribution in [3.8, 4) is 11.1 Å². The summed E-state index contributed by atoms with van der Waals surface area (Å²) in [7, 11) is 0. The zero-order chi connectivity index (χ0) is 14.1. The van der Waals surface area contributed by atoms with E-state index < -0.39 is 0 Å². The lowest BCUT2D eigenvalue weighted by Crippen LogP contribution is -1.89. The summed E-state index contributed by atoms with van der Waals surface area (Å²) in [5.41, 5.74) is 4.71. The summed E-state index contributed by atoms with van der Waals surface area (Å²) < 4.78 is 0. The van der Waals surface area contributed by atoms with Gasteiger partial charge in [0.15, 0.2) is 6.29 Å². The molecule has 98 valence electrons. The Morgan fingerprint density at radius 1 is 1.10 bits per heavy atom. The van der Waals surface area contributed by atoms with Crippen molar-refractivity contribution in [1.82, 2.24) is 4.98 Å². The quantitative estimate of drug-likeness (QED) is 0.504. The zero-order valence-electron chi connectivity index (χ0n) is 10.9. The van der Waals surface area contributed by atoms with E-state index in [1.54, 1.807) is 6.07 Å². The predicted molar refractivity (Wildman–Crippen MR) is 82.3 cm³/mol. The van der Waals surface area contributed by atoms with E-state index in [-0.39, 0.29) is 5.15 Å². The van der Waals surface area contributed by atoms with Gasteiger partial charge in [0.25, 0.3) is 0 Å². The SMILES string of the molecule is Cc1ccccc1-c1ccc2nc(Cl)c(C=O)cc2c1. The third-order valence-corrected chi connectivity index (χ3v) is 3.68. The Morgan fingerprint density at radius 3 is 2.65 bits per heavy atom. The highest BCUT2D eigenvalue weighted by Gasteiger charge is 2.06. The van der Waals surface area contributed by atoms with Gasteiger partial charge in [-0.2, -0.15) is 0 Å². The molecule has 0 saturated carbocycles. The van der Waals surface area contributed by atoms with Crippen molar-refractivity contribution in [3.05, 3.63) is 64.8 Å². The number of fused-ring (bicyclic) bond motifs is 1. The van der Waals surface area contributed by atoms with Crippen LogP contribution in [0.2, 0.25) is 5.15 Å². The van der Waals surface area contributed by atoms with Gasteiger partial charge in [-0.15, -0.1) is 0 Å². The largest absolute Gasteiger partial charge is 0.298 e. The van der Waals surface area contributed by atoms with Crippen LogP contribution in [0.25, 0.3) is 22.0 Å². The number of carbonyl (C=O) groups excluding carboxylic acids is 1.